The molecule has 0 bridgehead atoms. The molecule has 0 amide bonds. The fourth-order valence-corrected chi connectivity index (χ4v) is 3.43. The second-order valence-corrected chi connectivity index (χ2v) is 6.22. The van der Waals surface area contributed by atoms with Gasteiger partial charge in [-0.15, -0.1) is 0 Å². The Morgan fingerprint density at radius 1 is 0.857 bits per heavy atom. The molecule has 0 fully saturated rings. The minimum absolute atomic E-state index is 0.503. The molecule has 4 rings (SSSR count). The maximum absolute atomic E-state index is 6.26. The molecule has 0 unspecified atom stereocenters. The first-order chi connectivity index (χ1) is 13.6. The molecule has 2 heterocycles. The van der Waals surface area contributed by atoms with Crippen LogP contribution in [0.1, 0.15) is 19.5 Å². The molecule has 0 saturated carbocycles. The number of methoxy groups -OCH3 is 1. The van der Waals surface area contributed by atoms with Crippen LogP contribution in [-0.2, 0) is 0 Å². The molecule has 0 aliphatic rings. The zero-order valence-corrected chi connectivity index (χ0v) is 16.7. The lowest BCUT2D eigenvalue weighted by atomic mass is 9.95. The van der Waals surface area contributed by atoms with Gasteiger partial charge in [0.15, 0.2) is 0 Å². The third-order valence-corrected chi connectivity index (χ3v) is 4.70. The average Bonchev–Trinajstić information content (AvgIpc) is 3.04. The summed E-state index contributed by atoms with van der Waals surface area (Å²) in [6.45, 7) is 6.09. The molecule has 0 saturated heterocycles. The van der Waals surface area contributed by atoms with Gasteiger partial charge in [-0.25, -0.2) is 4.98 Å². The predicted molar refractivity (Wildman–Crippen MR) is 118 cm³/mol. The van der Waals surface area contributed by atoms with Crippen molar-refractivity contribution in [3.05, 3.63) is 66.6 Å². The van der Waals surface area contributed by atoms with Gasteiger partial charge in [0, 0.05) is 34.9 Å². The standard InChI is InChI=1S/C21H20N4O.C2H6/c1-13-18(14-3-7-16(22)8-4-14)19(15-5-9-17(26-2)10-6-15)20-21(23)24-11-12-25(13)20;1-2/h3-12H,22H2,1-2H3,(H2,23,24);1-2H3. The summed E-state index contributed by atoms with van der Waals surface area (Å²) in [4.78, 5) is 4.30. The molecule has 0 atom stereocenters. The molecule has 4 N–H and O–H groups in total. The molecule has 28 heavy (non-hydrogen) atoms. The molecule has 5 nitrogen and oxygen atoms in total. The number of aryl methyl sites for hydroxylation is 1. The number of ether oxygens (including phenoxy) is 1. The highest BCUT2D eigenvalue weighted by Crippen LogP contribution is 2.42. The molecular weight excluding hydrogens is 348 g/mol. The summed E-state index contributed by atoms with van der Waals surface area (Å²) in [6, 6.07) is 15.9. The number of fused-ring (bicyclic) bond motifs is 1. The summed E-state index contributed by atoms with van der Waals surface area (Å²) in [5, 5.41) is 0. The Morgan fingerprint density at radius 3 is 2.04 bits per heavy atom. The minimum Gasteiger partial charge on any atom is -0.497 e. The van der Waals surface area contributed by atoms with Crippen LogP contribution < -0.4 is 16.2 Å². The number of rotatable bonds is 3. The van der Waals surface area contributed by atoms with Gasteiger partial charge in [0.1, 0.15) is 11.6 Å². The van der Waals surface area contributed by atoms with Crippen LogP contribution in [0.4, 0.5) is 11.5 Å². The van der Waals surface area contributed by atoms with E-state index in [-0.39, 0.29) is 0 Å². The highest BCUT2D eigenvalue weighted by molar-refractivity contribution is 6.00. The van der Waals surface area contributed by atoms with Crippen molar-refractivity contribution < 1.29 is 4.74 Å². The van der Waals surface area contributed by atoms with Crippen LogP contribution in [0.3, 0.4) is 0 Å². The SMILES string of the molecule is CC.COc1ccc(-c2c(-c3ccc(N)cc3)c(C)n3ccnc(N)c23)cc1. The van der Waals surface area contributed by atoms with Crippen molar-refractivity contribution in [1.82, 2.24) is 9.38 Å². The number of aromatic nitrogens is 2. The van der Waals surface area contributed by atoms with Crippen molar-refractivity contribution in [1.29, 1.82) is 0 Å². The van der Waals surface area contributed by atoms with Gasteiger partial charge in [-0.2, -0.15) is 0 Å². The summed E-state index contributed by atoms with van der Waals surface area (Å²) >= 11 is 0. The Balaban J connectivity index is 0.00000109. The lowest BCUT2D eigenvalue weighted by Gasteiger charge is -2.09. The number of hydrogen-bond donors (Lipinski definition) is 2. The molecule has 5 heteroatoms. The first-order valence-electron chi connectivity index (χ1n) is 9.35. The van der Waals surface area contributed by atoms with E-state index in [9.17, 15) is 0 Å². The Hall–Kier alpha value is -3.47. The Bertz CT molecular complexity index is 1080. The van der Waals surface area contributed by atoms with Gasteiger partial charge < -0.3 is 20.6 Å². The molecule has 2 aromatic heterocycles. The first-order valence-corrected chi connectivity index (χ1v) is 9.35. The number of anilines is 2. The molecule has 0 spiro atoms. The second kappa shape index (κ2) is 8.05. The smallest absolute Gasteiger partial charge is 0.148 e. The van der Waals surface area contributed by atoms with E-state index in [1.807, 2.05) is 68.6 Å². The van der Waals surface area contributed by atoms with Crippen molar-refractivity contribution in [2.75, 3.05) is 18.6 Å². The topological polar surface area (TPSA) is 78.6 Å². The summed E-state index contributed by atoms with van der Waals surface area (Å²) in [7, 11) is 1.66. The number of nitrogen functional groups attached to an aromatic ring is 2. The van der Waals surface area contributed by atoms with E-state index in [1.165, 1.54) is 0 Å². The van der Waals surface area contributed by atoms with Gasteiger partial charge in [0.2, 0.25) is 0 Å². The molecular formula is C23H26N4O. The maximum atomic E-state index is 6.26. The van der Waals surface area contributed by atoms with Crippen molar-refractivity contribution in [3.63, 3.8) is 0 Å². The molecule has 2 aromatic carbocycles. The van der Waals surface area contributed by atoms with Gasteiger partial charge in [0.05, 0.1) is 12.6 Å². The van der Waals surface area contributed by atoms with E-state index in [4.69, 9.17) is 16.2 Å². The van der Waals surface area contributed by atoms with Gasteiger partial charge in [-0.3, -0.25) is 0 Å². The number of hydrogen-bond acceptors (Lipinski definition) is 4. The predicted octanol–water partition coefficient (Wildman–Crippen LogP) is 5.18. The second-order valence-electron chi connectivity index (χ2n) is 6.22. The van der Waals surface area contributed by atoms with E-state index < -0.39 is 0 Å². The summed E-state index contributed by atoms with van der Waals surface area (Å²) in [6.07, 6.45) is 3.66. The fraction of sp³-hybridized carbons (Fsp3) is 0.174. The monoisotopic (exact) mass is 374 g/mol. The molecule has 0 radical (unpaired) electrons. The fourth-order valence-electron chi connectivity index (χ4n) is 3.43. The zero-order chi connectivity index (χ0) is 20.3. The normalized spacial score (nSPS) is 10.4. The molecule has 144 valence electrons. The third-order valence-electron chi connectivity index (χ3n) is 4.70. The number of nitrogens with zero attached hydrogens (tertiary/aromatic N) is 2. The van der Waals surface area contributed by atoms with Crippen molar-refractivity contribution in [2.24, 2.45) is 0 Å². The van der Waals surface area contributed by atoms with E-state index >= 15 is 0 Å². The number of nitrogens with two attached hydrogens (primary N) is 2. The lowest BCUT2D eigenvalue weighted by molar-refractivity contribution is 0.415. The van der Waals surface area contributed by atoms with Gasteiger partial charge in [-0.05, 0) is 42.3 Å². The lowest BCUT2D eigenvalue weighted by Crippen LogP contribution is -1.96. The van der Waals surface area contributed by atoms with Crippen LogP contribution in [0, 0.1) is 6.92 Å². The minimum atomic E-state index is 0.503. The molecule has 0 aliphatic carbocycles. The van der Waals surface area contributed by atoms with E-state index in [1.54, 1.807) is 13.3 Å². The summed E-state index contributed by atoms with van der Waals surface area (Å²) in [5.74, 6) is 1.32. The average molecular weight is 374 g/mol. The largest absolute Gasteiger partial charge is 0.497 e. The van der Waals surface area contributed by atoms with Crippen LogP contribution in [0.15, 0.2) is 60.9 Å². The van der Waals surface area contributed by atoms with Crippen molar-refractivity contribution in [2.45, 2.75) is 20.8 Å². The maximum Gasteiger partial charge on any atom is 0.148 e. The van der Waals surface area contributed by atoms with Gasteiger partial charge >= 0.3 is 0 Å². The van der Waals surface area contributed by atoms with E-state index in [2.05, 4.69) is 16.3 Å². The third kappa shape index (κ3) is 3.27. The highest BCUT2D eigenvalue weighted by Gasteiger charge is 2.20. The zero-order valence-electron chi connectivity index (χ0n) is 16.7. The van der Waals surface area contributed by atoms with E-state index in [0.717, 1.165) is 44.9 Å². The quantitative estimate of drug-likeness (QED) is 0.485. The summed E-state index contributed by atoms with van der Waals surface area (Å²) < 4.78 is 7.38. The van der Waals surface area contributed by atoms with Gasteiger partial charge in [0.25, 0.3) is 0 Å². The van der Waals surface area contributed by atoms with Gasteiger partial charge in [-0.1, -0.05) is 38.1 Å². The Labute approximate surface area is 165 Å². The van der Waals surface area contributed by atoms with Crippen molar-refractivity contribution >= 4 is 17.0 Å². The Kier molecular flexibility index (Phi) is 5.54. The summed E-state index contributed by atoms with van der Waals surface area (Å²) in [5.41, 5.74) is 19.2. The van der Waals surface area contributed by atoms with Crippen LogP contribution in [0.2, 0.25) is 0 Å². The molecule has 4 aromatic rings. The van der Waals surface area contributed by atoms with Crippen LogP contribution in [0.5, 0.6) is 5.75 Å². The molecule has 0 aliphatic heterocycles. The first kappa shape index (κ1) is 19.3. The van der Waals surface area contributed by atoms with Crippen LogP contribution >= 0.6 is 0 Å². The highest BCUT2D eigenvalue weighted by atomic mass is 16.5. The number of benzene rings is 2. The van der Waals surface area contributed by atoms with Crippen molar-refractivity contribution in [3.8, 4) is 28.0 Å². The Morgan fingerprint density at radius 2 is 1.43 bits per heavy atom. The van der Waals surface area contributed by atoms with Crippen LogP contribution in [0.25, 0.3) is 27.8 Å². The van der Waals surface area contributed by atoms with E-state index in [0.29, 0.717) is 5.82 Å². The van der Waals surface area contributed by atoms with Crippen LogP contribution in [-0.4, -0.2) is 16.5 Å².